The Kier molecular flexibility index (Phi) is 4.17. The molecule has 124 valence electrons. The van der Waals surface area contributed by atoms with E-state index in [1.165, 1.54) is 0 Å². The molecule has 0 saturated carbocycles. The lowest BCUT2D eigenvalue weighted by molar-refractivity contribution is 1.14. The summed E-state index contributed by atoms with van der Waals surface area (Å²) in [6.45, 7) is 0. The van der Waals surface area contributed by atoms with E-state index in [2.05, 4.69) is 20.3 Å². The third-order valence-corrected chi connectivity index (χ3v) is 4.86. The minimum atomic E-state index is -0.271. The number of aromatic nitrogens is 3. The number of nitrogens with zero attached hydrogens (tertiary/aromatic N) is 2. The van der Waals surface area contributed by atoms with Gasteiger partial charge in [0.15, 0.2) is 5.65 Å². The number of nitrogens with one attached hydrogen (secondary N) is 2. The second-order valence-electron chi connectivity index (χ2n) is 5.23. The number of rotatable bonds is 3. The first-order valence-electron chi connectivity index (χ1n) is 7.25. The highest BCUT2D eigenvalue weighted by molar-refractivity contribution is 7.08. The molecule has 1 aromatic carbocycles. The first kappa shape index (κ1) is 16.1. The Balaban J connectivity index is 1.82. The van der Waals surface area contributed by atoms with Crippen LogP contribution < -0.4 is 10.9 Å². The third kappa shape index (κ3) is 3.11. The molecule has 2 N–H and O–H groups in total. The lowest BCUT2D eigenvalue weighted by atomic mass is 10.1. The van der Waals surface area contributed by atoms with Crippen molar-refractivity contribution in [2.75, 3.05) is 5.32 Å². The standard InChI is InChI=1S/C17H10Cl2N4OS/c18-10-1-2-13(12(19)7-10)21-17-22-15-14(16(24)23-17)11(3-5-20-15)9-4-6-25-8-9/h1-8H,(H2,20,21,22,23,24). The van der Waals surface area contributed by atoms with Crippen LogP contribution in [0.3, 0.4) is 0 Å². The van der Waals surface area contributed by atoms with Gasteiger partial charge in [0.2, 0.25) is 5.95 Å². The van der Waals surface area contributed by atoms with Gasteiger partial charge in [-0.3, -0.25) is 9.78 Å². The number of thiophene rings is 1. The quantitative estimate of drug-likeness (QED) is 0.512. The fraction of sp³-hybridized carbons (Fsp3) is 0. The Labute approximate surface area is 156 Å². The number of H-pyrrole nitrogens is 1. The van der Waals surface area contributed by atoms with Crippen LogP contribution in [-0.4, -0.2) is 15.0 Å². The van der Waals surface area contributed by atoms with Gasteiger partial charge in [-0.2, -0.15) is 16.3 Å². The third-order valence-electron chi connectivity index (χ3n) is 3.62. The number of hydrogen-bond donors (Lipinski definition) is 2. The van der Waals surface area contributed by atoms with Gasteiger partial charge in [-0.05, 0) is 46.7 Å². The lowest BCUT2D eigenvalue weighted by Crippen LogP contribution is -2.13. The van der Waals surface area contributed by atoms with Crippen molar-refractivity contribution in [3.8, 4) is 11.1 Å². The van der Waals surface area contributed by atoms with Crippen molar-refractivity contribution in [1.82, 2.24) is 15.0 Å². The molecule has 8 heteroatoms. The highest BCUT2D eigenvalue weighted by atomic mass is 35.5. The molecule has 4 aromatic rings. The van der Waals surface area contributed by atoms with E-state index in [4.69, 9.17) is 23.2 Å². The van der Waals surface area contributed by atoms with Gasteiger partial charge in [-0.1, -0.05) is 23.2 Å². The fourth-order valence-corrected chi connectivity index (χ4v) is 3.61. The van der Waals surface area contributed by atoms with E-state index in [-0.39, 0.29) is 11.5 Å². The van der Waals surface area contributed by atoms with Gasteiger partial charge in [0.1, 0.15) is 0 Å². The monoisotopic (exact) mass is 388 g/mol. The number of pyridine rings is 1. The lowest BCUT2D eigenvalue weighted by Gasteiger charge is -2.09. The number of halogens is 2. The molecule has 0 radical (unpaired) electrons. The van der Waals surface area contributed by atoms with E-state index >= 15 is 0 Å². The van der Waals surface area contributed by atoms with Crippen LogP contribution in [0, 0.1) is 0 Å². The SMILES string of the molecule is O=c1[nH]c(Nc2ccc(Cl)cc2Cl)nc2nccc(-c3ccsc3)c12. The topological polar surface area (TPSA) is 70.7 Å². The van der Waals surface area contributed by atoms with Gasteiger partial charge in [-0.15, -0.1) is 0 Å². The number of benzene rings is 1. The highest BCUT2D eigenvalue weighted by Crippen LogP contribution is 2.29. The van der Waals surface area contributed by atoms with E-state index < -0.39 is 0 Å². The number of anilines is 2. The van der Waals surface area contributed by atoms with Crippen LogP contribution in [0.25, 0.3) is 22.2 Å². The second-order valence-corrected chi connectivity index (χ2v) is 6.86. The van der Waals surface area contributed by atoms with Gasteiger partial charge in [0, 0.05) is 16.8 Å². The Morgan fingerprint density at radius 2 is 2.04 bits per heavy atom. The maximum absolute atomic E-state index is 12.6. The van der Waals surface area contributed by atoms with E-state index in [1.807, 2.05) is 22.9 Å². The average Bonchev–Trinajstić information content (AvgIpc) is 3.11. The predicted molar refractivity (Wildman–Crippen MR) is 103 cm³/mol. The van der Waals surface area contributed by atoms with Gasteiger partial charge in [-0.25, -0.2) is 4.98 Å². The maximum atomic E-state index is 12.6. The molecular weight excluding hydrogens is 379 g/mol. The Morgan fingerprint density at radius 1 is 1.16 bits per heavy atom. The molecule has 0 aliphatic rings. The van der Waals surface area contributed by atoms with E-state index in [0.29, 0.717) is 26.8 Å². The maximum Gasteiger partial charge on any atom is 0.262 e. The van der Waals surface area contributed by atoms with Crippen LogP contribution in [-0.2, 0) is 0 Å². The number of hydrogen-bond acceptors (Lipinski definition) is 5. The summed E-state index contributed by atoms with van der Waals surface area (Å²) in [5.74, 6) is 0.261. The zero-order chi connectivity index (χ0) is 17.4. The molecule has 25 heavy (non-hydrogen) atoms. The minimum Gasteiger partial charge on any atom is -0.324 e. The zero-order valence-corrected chi connectivity index (χ0v) is 14.9. The van der Waals surface area contributed by atoms with Crippen molar-refractivity contribution in [1.29, 1.82) is 0 Å². The van der Waals surface area contributed by atoms with Crippen LogP contribution in [0.4, 0.5) is 11.6 Å². The summed E-state index contributed by atoms with van der Waals surface area (Å²) >= 11 is 13.6. The first-order valence-corrected chi connectivity index (χ1v) is 8.95. The summed E-state index contributed by atoms with van der Waals surface area (Å²) in [6, 6.07) is 8.78. The van der Waals surface area contributed by atoms with Crippen LogP contribution >= 0.6 is 34.5 Å². The Morgan fingerprint density at radius 3 is 2.80 bits per heavy atom. The largest absolute Gasteiger partial charge is 0.324 e. The second kappa shape index (κ2) is 6.48. The summed E-state index contributed by atoms with van der Waals surface area (Å²) in [7, 11) is 0. The molecule has 4 rings (SSSR count). The highest BCUT2D eigenvalue weighted by Gasteiger charge is 2.12. The van der Waals surface area contributed by atoms with Gasteiger partial charge in [0.25, 0.3) is 5.56 Å². The molecule has 3 aromatic heterocycles. The molecule has 0 aliphatic carbocycles. The molecule has 3 heterocycles. The van der Waals surface area contributed by atoms with E-state index in [0.717, 1.165) is 11.1 Å². The van der Waals surface area contributed by atoms with Crippen molar-refractivity contribution in [2.45, 2.75) is 0 Å². The van der Waals surface area contributed by atoms with E-state index in [1.54, 1.807) is 35.7 Å². The molecule has 0 saturated heterocycles. The molecule has 0 fully saturated rings. The summed E-state index contributed by atoms with van der Waals surface area (Å²) in [4.78, 5) is 24.0. The van der Waals surface area contributed by atoms with Crippen molar-refractivity contribution >= 4 is 57.2 Å². The van der Waals surface area contributed by atoms with Crippen LogP contribution in [0.15, 0.2) is 52.1 Å². The smallest absolute Gasteiger partial charge is 0.262 e. The van der Waals surface area contributed by atoms with Crippen LogP contribution in [0.5, 0.6) is 0 Å². The van der Waals surface area contributed by atoms with Gasteiger partial charge in [0.05, 0.1) is 16.1 Å². The molecular formula is C17H10Cl2N4OS. The number of fused-ring (bicyclic) bond motifs is 1. The average molecular weight is 389 g/mol. The zero-order valence-electron chi connectivity index (χ0n) is 12.6. The van der Waals surface area contributed by atoms with Crippen molar-refractivity contribution in [2.24, 2.45) is 0 Å². The van der Waals surface area contributed by atoms with Gasteiger partial charge >= 0.3 is 0 Å². The molecule has 0 aliphatic heterocycles. The summed E-state index contributed by atoms with van der Waals surface area (Å²) < 4.78 is 0. The molecule has 5 nitrogen and oxygen atoms in total. The molecule has 0 unspecified atom stereocenters. The summed E-state index contributed by atoms with van der Waals surface area (Å²) in [5, 5.41) is 8.34. The Bertz CT molecular complexity index is 1130. The molecule has 0 bridgehead atoms. The minimum absolute atomic E-state index is 0.261. The predicted octanol–water partition coefficient (Wildman–Crippen LogP) is 5.10. The Hall–Kier alpha value is -2.41. The molecule has 0 spiro atoms. The first-order chi connectivity index (χ1) is 12.1. The van der Waals surface area contributed by atoms with Crippen molar-refractivity contribution in [3.63, 3.8) is 0 Å². The normalized spacial score (nSPS) is 11.0. The molecule has 0 atom stereocenters. The van der Waals surface area contributed by atoms with Crippen LogP contribution in [0.2, 0.25) is 10.0 Å². The summed E-state index contributed by atoms with van der Waals surface area (Å²) in [6.07, 6.45) is 1.64. The van der Waals surface area contributed by atoms with Gasteiger partial charge < -0.3 is 5.32 Å². The summed E-state index contributed by atoms with van der Waals surface area (Å²) in [5.41, 5.74) is 2.44. The van der Waals surface area contributed by atoms with Crippen molar-refractivity contribution in [3.05, 3.63) is 67.7 Å². The van der Waals surface area contributed by atoms with E-state index in [9.17, 15) is 4.79 Å². The van der Waals surface area contributed by atoms with Crippen LogP contribution in [0.1, 0.15) is 0 Å². The fourth-order valence-electron chi connectivity index (χ4n) is 2.50. The molecule has 0 amide bonds. The number of aromatic amines is 1. The van der Waals surface area contributed by atoms with Crippen molar-refractivity contribution < 1.29 is 0 Å².